The molecule has 17 heavy (non-hydrogen) atoms. The van der Waals surface area contributed by atoms with Gasteiger partial charge in [-0.15, -0.1) is 0 Å². The van der Waals surface area contributed by atoms with Crippen LogP contribution < -0.4 is 16.0 Å². The molecule has 0 aromatic carbocycles. The van der Waals surface area contributed by atoms with Crippen LogP contribution >= 0.6 is 0 Å². The Bertz CT molecular complexity index is 436. The molecule has 3 rings (SSSR count). The molecule has 0 radical (unpaired) electrons. The van der Waals surface area contributed by atoms with E-state index in [4.69, 9.17) is 5.73 Å². The van der Waals surface area contributed by atoms with Gasteiger partial charge in [0.15, 0.2) is 0 Å². The molecule has 1 saturated heterocycles. The fourth-order valence-electron chi connectivity index (χ4n) is 2.53. The number of anilines is 3. The third kappa shape index (κ3) is 1.88. The van der Waals surface area contributed by atoms with Crippen LogP contribution in [0.4, 0.5) is 17.6 Å². The van der Waals surface area contributed by atoms with Crippen LogP contribution in [0.1, 0.15) is 18.4 Å². The Morgan fingerprint density at radius 2 is 2.29 bits per heavy atom. The van der Waals surface area contributed by atoms with E-state index in [1.807, 2.05) is 0 Å². The molecule has 0 unspecified atom stereocenters. The van der Waals surface area contributed by atoms with Crippen LogP contribution in [0, 0.1) is 0 Å². The molecule has 0 aliphatic carbocycles. The molecule has 0 bridgehead atoms. The van der Waals surface area contributed by atoms with Crippen molar-refractivity contribution in [1.82, 2.24) is 9.97 Å². The second-order valence-corrected chi connectivity index (χ2v) is 4.65. The Morgan fingerprint density at radius 1 is 1.41 bits per heavy atom. The molecule has 6 nitrogen and oxygen atoms in total. The van der Waals surface area contributed by atoms with Crippen molar-refractivity contribution in [2.45, 2.75) is 25.4 Å². The molecule has 2 aliphatic heterocycles. The molecule has 6 heteroatoms. The lowest BCUT2D eigenvalue weighted by atomic mass is 10.1. The summed E-state index contributed by atoms with van der Waals surface area (Å²) >= 11 is 0. The summed E-state index contributed by atoms with van der Waals surface area (Å²) in [4.78, 5) is 10.7. The second kappa shape index (κ2) is 4.03. The van der Waals surface area contributed by atoms with Crippen molar-refractivity contribution in [3.63, 3.8) is 0 Å². The van der Waals surface area contributed by atoms with Gasteiger partial charge >= 0.3 is 0 Å². The van der Waals surface area contributed by atoms with Gasteiger partial charge in [0.25, 0.3) is 0 Å². The normalized spacial score (nSPS) is 23.4. The van der Waals surface area contributed by atoms with E-state index in [2.05, 4.69) is 20.2 Å². The summed E-state index contributed by atoms with van der Waals surface area (Å²) in [5, 5.41) is 12.9. The lowest BCUT2D eigenvalue weighted by Gasteiger charge is -2.25. The zero-order chi connectivity index (χ0) is 11.8. The molecule has 1 aromatic rings. The summed E-state index contributed by atoms with van der Waals surface area (Å²) in [5.41, 5.74) is 6.87. The molecule has 1 atom stereocenters. The number of nitrogens with two attached hydrogens (primary N) is 1. The van der Waals surface area contributed by atoms with E-state index in [0.29, 0.717) is 12.5 Å². The number of nitrogens with zero attached hydrogens (tertiary/aromatic N) is 3. The van der Waals surface area contributed by atoms with Gasteiger partial charge in [-0.3, -0.25) is 0 Å². The third-order valence-corrected chi connectivity index (χ3v) is 3.36. The minimum Gasteiger partial charge on any atom is -0.391 e. The Labute approximate surface area is 99.9 Å². The lowest BCUT2D eigenvalue weighted by Crippen LogP contribution is -2.26. The maximum Gasteiger partial charge on any atom is 0.223 e. The molecule has 3 heterocycles. The summed E-state index contributed by atoms with van der Waals surface area (Å²) < 4.78 is 0. The van der Waals surface area contributed by atoms with Crippen LogP contribution in [0.15, 0.2) is 0 Å². The van der Waals surface area contributed by atoms with Gasteiger partial charge in [-0.2, -0.15) is 9.97 Å². The fraction of sp³-hybridized carbons (Fsp3) is 0.636. The highest BCUT2D eigenvalue weighted by atomic mass is 16.3. The average molecular weight is 235 g/mol. The van der Waals surface area contributed by atoms with E-state index in [1.165, 1.54) is 0 Å². The highest BCUT2D eigenvalue weighted by Crippen LogP contribution is 2.31. The van der Waals surface area contributed by atoms with Gasteiger partial charge in [0, 0.05) is 25.2 Å². The van der Waals surface area contributed by atoms with Crippen molar-refractivity contribution in [2.24, 2.45) is 0 Å². The van der Waals surface area contributed by atoms with Gasteiger partial charge in [0.1, 0.15) is 11.6 Å². The van der Waals surface area contributed by atoms with E-state index in [0.717, 1.165) is 49.6 Å². The number of aliphatic hydroxyl groups is 1. The zero-order valence-electron chi connectivity index (χ0n) is 9.69. The SMILES string of the molecule is Nc1nc2c(c(N3CC[C@@H](O)C3)n1)CCCN2. The van der Waals surface area contributed by atoms with Gasteiger partial charge in [0.05, 0.1) is 6.10 Å². The third-order valence-electron chi connectivity index (χ3n) is 3.36. The smallest absolute Gasteiger partial charge is 0.223 e. The number of nitrogen functional groups attached to an aromatic ring is 1. The summed E-state index contributed by atoms with van der Waals surface area (Å²) in [6.45, 7) is 2.42. The van der Waals surface area contributed by atoms with Gasteiger partial charge in [0.2, 0.25) is 5.95 Å². The first-order chi connectivity index (χ1) is 8.24. The number of aliphatic hydroxyl groups excluding tert-OH is 1. The number of aromatic nitrogens is 2. The van der Waals surface area contributed by atoms with Gasteiger partial charge in [-0.05, 0) is 19.3 Å². The maximum absolute atomic E-state index is 9.60. The Morgan fingerprint density at radius 3 is 3.06 bits per heavy atom. The highest BCUT2D eigenvalue weighted by molar-refractivity contribution is 5.63. The first-order valence-electron chi connectivity index (χ1n) is 6.07. The van der Waals surface area contributed by atoms with Gasteiger partial charge < -0.3 is 21.1 Å². The molecule has 4 N–H and O–H groups in total. The zero-order valence-corrected chi connectivity index (χ0v) is 9.69. The number of fused-ring (bicyclic) bond motifs is 1. The predicted octanol–water partition coefficient (Wildman–Crippen LogP) is -0.0121. The number of nitrogens with one attached hydrogen (secondary N) is 1. The minimum absolute atomic E-state index is 0.251. The number of rotatable bonds is 1. The van der Waals surface area contributed by atoms with Crippen molar-refractivity contribution in [3.05, 3.63) is 5.56 Å². The number of hydrogen-bond acceptors (Lipinski definition) is 6. The summed E-state index contributed by atoms with van der Waals surface area (Å²) in [7, 11) is 0. The van der Waals surface area contributed by atoms with Crippen LogP contribution in [0.2, 0.25) is 0 Å². The van der Waals surface area contributed by atoms with Gasteiger partial charge in [-0.1, -0.05) is 0 Å². The molecule has 0 saturated carbocycles. The summed E-state index contributed by atoms with van der Waals surface area (Å²) in [6.07, 6.45) is 2.61. The molecule has 1 aromatic heterocycles. The molecule has 0 amide bonds. The molecule has 2 aliphatic rings. The minimum atomic E-state index is -0.251. The van der Waals surface area contributed by atoms with E-state index in [-0.39, 0.29) is 6.10 Å². The van der Waals surface area contributed by atoms with Crippen LogP contribution in [-0.4, -0.2) is 40.8 Å². The van der Waals surface area contributed by atoms with E-state index in [9.17, 15) is 5.11 Å². The molecule has 1 fully saturated rings. The average Bonchev–Trinajstić information content (AvgIpc) is 2.74. The topological polar surface area (TPSA) is 87.3 Å². The monoisotopic (exact) mass is 235 g/mol. The maximum atomic E-state index is 9.60. The largest absolute Gasteiger partial charge is 0.391 e. The predicted molar refractivity (Wildman–Crippen MR) is 66.1 cm³/mol. The van der Waals surface area contributed by atoms with Crippen molar-refractivity contribution in [1.29, 1.82) is 0 Å². The molecular weight excluding hydrogens is 218 g/mol. The Hall–Kier alpha value is -1.56. The Kier molecular flexibility index (Phi) is 2.51. The molecule has 92 valence electrons. The highest BCUT2D eigenvalue weighted by Gasteiger charge is 2.26. The van der Waals surface area contributed by atoms with Crippen LogP contribution in [-0.2, 0) is 6.42 Å². The van der Waals surface area contributed by atoms with E-state index < -0.39 is 0 Å². The molecular formula is C11H17N5O. The number of hydrogen-bond donors (Lipinski definition) is 3. The van der Waals surface area contributed by atoms with Crippen LogP contribution in [0.25, 0.3) is 0 Å². The second-order valence-electron chi connectivity index (χ2n) is 4.65. The standard InChI is InChI=1S/C11H17N5O/c12-11-14-9-8(2-1-4-13-9)10(15-11)16-5-3-7(17)6-16/h7,17H,1-6H2,(H3,12,13,14,15)/t7-/m1/s1. The number of β-amino-alcohol motifs (C(OH)–C–C–N with tert-alkyl or cyclic N) is 1. The lowest BCUT2D eigenvalue weighted by molar-refractivity contribution is 0.198. The van der Waals surface area contributed by atoms with Crippen molar-refractivity contribution in [3.8, 4) is 0 Å². The Balaban J connectivity index is 2.00. The quantitative estimate of drug-likeness (QED) is 0.634. The fourth-order valence-corrected chi connectivity index (χ4v) is 2.53. The van der Waals surface area contributed by atoms with Crippen LogP contribution in [0.3, 0.4) is 0 Å². The summed E-state index contributed by atoms with van der Waals surface area (Å²) in [5.74, 6) is 2.06. The first kappa shape index (κ1) is 10.6. The van der Waals surface area contributed by atoms with Crippen molar-refractivity contribution < 1.29 is 5.11 Å². The first-order valence-corrected chi connectivity index (χ1v) is 6.07. The van der Waals surface area contributed by atoms with Gasteiger partial charge in [-0.25, -0.2) is 0 Å². The molecule has 0 spiro atoms. The summed E-state index contributed by atoms with van der Waals surface area (Å²) in [6, 6.07) is 0. The van der Waals surface area contributed by atoms with E-state index in [1.54, 1.807) is 0 Å². The van der Waals surface area contributed by atoms with Crippen molar-refractivity contribution >= 4 is 17.6 Å². The van der Waals surface area contributed by atoms with Crippen LogP contribution in [0.5, 0.6) is 0 Å². The van der Waals surface area contributed by atoms with E-state index >= 15 is 0 Å². The van der Waals surface area contributed by atoms with Crippen molar-refractivity contribution in [2.75, 3.05) is 35.6 Å².